The first-order valence-corrected chi connectivity index (χ1v) is 9.56. The van der Waals surface area contributed by atoms with E-state index < -0.39 is 11.9 Å². The summed E-state index contributed by atoms with van der Waals surface area (Å²) in [6, 6.07) is 15.7. The lowest BCUT2D eigenvalue weighted by molar-refractivity contribution is -0.129. The third-order valence-corrected chi connectivity index (χ3v) is 5.09. The first-order chi connectivity index (χ1) is 14.6. The van der Waals surface area contributed by atoms with Crippen LogP contribution in [0.4, 0.5) is 4.39 Å². The Kier molecular flexibility index (Phi) is 5.43. The summed E-state index contributed by atoms with van der Waals surface area (Å²) in [5, 5.41) is 6.87. The van der Waals surface area contributed by atoms with E-state index in [1.54, 1.807) is 18.2 Å². The van der Waals surface area contributed by atoms with Gasteiger partial charge < -0.3 is 14.7 Å². The van der Waals surface area contributed by atoms with Gasteiger partial charge in [0, 0.05) is 18.2 Å². The van der Waals surface area contributed by atoms with Crippen molar-refractivity contribution in [3.63, 3.8) is 0 Å². The summed E-state index contributed by atoms with van der Waals surface area (Å²) in [7, 11) is 0. The van der Waals surface area contributed by atoms with E-state index in [-0.39, 0.29) is 23.5 Å². The van der Waals surface area contributed by atoms with Gasteiger partial charge in [0.1, 0.15) is 11.9 Å². The standard InChI is InChI=1S/C23H20FN3O3/c1-2-6-20-22(28)25-19(15-7-4-3-5-8-15)14-27(20)23(29)18-13-21(30-26-18)16-9-11-17(24)12-10-16/h2-5,7-13,19-20H,1,6,14H2,(H,25,28)/t19-,20+/m1/s1. The summed E-state index contributed by atoms with van der Waals surface area (Å²) >= 11 is 0. The summed E-state index contributed by atoms with van der Waals surface area (Å²) in [6.07, 6.45) is 1.93. The molecule has 0 radical (unpaired) electrons. The number of carbonyl (C=O) groups is 2. The highest BCUT2D eigenvalue weighted by molar-refractivity contribution is 5.97. The fourth-order valence-corrected chi connectivity index (χ4v) is 3.54. The van der Waals surface area contributed by atoms with Gasteiger partial charge in [-0.05, 0) is 36.2 Å². The molecule has 6 nitrogen and oxygen atoms in total. The number of benzene rings is 2. The topological polar surface area (TPSA) is 75.4 Å². The second kappa shape index (κ2) is 8.32. The number of amides is 2. The minimum atomic E-state index is -0.680. The maximum absolute atomic E-state index is 13.2. The zero-order valence-corrected chi connectivity index (χ0v) is 16.1. The van der Waals surface area contributed by atoms with Crippen LogP contribution in [-0.2, 0) is 4.79 Å². The van der Waals surface area contributed by atoms with E-state index in [4.69, 9.17) is 4.52 Å². The summed E-state index contributed by atoms with van der Waals surface area (Å²) in [5.41, 5.74) is 1.60. The Morgan fingerprint density at radius 2 is 1.97 bits per heavy atom. The molecule has 4 rings (SSSR count). The molecular formula is C23H20FN3O3. The molecule has 30 heavy (non-hydrogen) atoms. The van der Waals surface area contributed by atoms with Crippen LogP contribution in [0.25, 0.3) is 11.3 Å². The maximum Gasteiger partial charge on any atom is 0.276 e. The second-order valence-electron chi connectivity index (χ2n) is 7.05. The van der Waals surface area contributed by atoms with Gasteiger partial charge in [-0.3, -0.25) is 9.59 Å². The molecule has 2 amide bonds. The number of rotatable bonds is 5. The second-order valence-corrected chi connectivity index (χ2v) is 7.05. The zero-order valence-electron chi connectivity index (χ0n) is 16.1. The van der Waals surface area contributed by atoms with Gasteiger partial charge >= 0.3 is 0 Å². The van der Waals surface area contributed by atoms with Gasteiger partial charge in [0.05, 0.1) is 6.04 Å². The van der Waals surface area contributed by atoms with Crippen LogP contribution in [0.5, 0.6) is 0 Å². The molecule has 0 aliphatic carbocycles. The Hall–Kier alpha value is -3.74. The van der Waals surface area contributed by atoms with Gasteiger partial charge in [-0.1, -0.05) is 41.6 Å². The molecule has 1 aliphatic rings. The molecule has 1 aromatic heterocycles. The van der Waals surface area contributed by atoms with Crippen molar-refractivity contribution in [2.75, 3.05) is 6.54 Å². The van der Waals surface area contributed by atoms with Crippen molar-refractivity contribution in [1.82, 2.24) is 15.4 Å². The number of carbonyl (C=O) groups excluding carboxylic acids is 2. The van der Waals surface area contributed by atoms with Crippen LogP contribution >= 0.6 is 0 Å². The largest absolute Gasteiger partial charge is 0.355 e. The number of nitrogens with one attached hydrogen (secondary N) is 1. The molecule has 0 spiro atoms. The number of hydrogen-bond acceptors (Lipinski definition) is 4. The smallest absolute Gasteiger partial charge is 0.276 e. The van der Waals surface area contributed by atoms with Crippen LogP contribution in [-0.4, -0.2) is 34.5 Å². The SMILES string of the molecule is C=CC[C@H]1C(=O)N[C@@H](c2ccccc2)CN1C(=O)c1cc(-c2ccc(F)cc2)on1. The Balaban J connectivity index is 1.61. The van der Waals surface area contributed by atoms with Gasteiger partial charge in [0.25, 0.3) is 5.91 Å². The third kappa shape index (κ3) is 3.87. The van der Waals surface area contributed by atoms with Crippen LogP contribution in [0.2, 0.25) is 0 Å². The van der Waals surface area contributed by atoms with E-state index in [1.165, 1.54) is 23.1 Å². The number of aromatic nitrogens is 1. The van der Waals surface area contributed by atoms with E-state index in [1.807, 2.05) is 30.3 Å². The summed E-state index contributed by atoms with van der Waals surface area (Å²) in [6.45, 7) is 4.00. The molecule has 3 aromatic rings. The lowest BCUT2D eigenvalue weighted by Gasteiger charge is -2.39. The van der Waals surface area contributed by atoms with E-state index in [2.05, 4.69) is 17.1 Å². The number of hydrogen-bond donors (Lipinski definition) is 1. The van der Waals surface area contributed by atoms with Gasteiger partial charge in [0.15, 0.2) is 11.5 Å². The molecule has 1 fully saturated rings. The van der Waals surface area contributed by atoms with Gasteiger partial charge in [-0.15, -0.1) is 6.58 Å². The first-order valence-electron chi connectivity index (χ1n) is 9.56. The van der Waals surface area contributed by atoms with Crippen molar-refractivity contribution >= 4 is 11.8 Å². The van der Waals surface area contributed by atoms with E-state index in [9.17, 15) is 14.0 Å². The van der Waals surface area contributed by atoms with Crippen molar-refractivity contribution in [2.45, 2.75) is 18.5 Å². The molecule has 2 aromatic carbocycles. The Bertz CT molecular complexity index is 1060. The zero-order chi connectivity index (χ0) is 21.1. The molecule has 1 N–H and O–H groups in total. The lowest BCUT2D eigenvalue weighted by Crippen LogP contribution is -2.58. The van der Waals surface area contributed by atoms with E-state index in [0.717, 1.165) is 5.56 Å². The lowest BCUT2D eigenvalue weighted by atomic mass is 9.99. The highest BCUT2D eigenvalue weighted by Gasteiger charge is 2.38. The molecule has 1 aliphatic heterocycles. The number of halogens is 1. The van der Waals surface area contributed by atoms with Gasteiger partial charge in [0.2, 0.25) is 5.91 Å². The molecular weight excluding hydrogens is 385 g/mol. The van der Waals surface area contributed by atoms with Crippen molar-refractivity contribution in [1.29, 1.82) is 0 Å². The first kappa shape index (κ1) is 19.6. The van der Waals surface area contributed by atoms with Crippen molar-refractivity contribution in [2.24, 2.45) is 0 Å². The summed E-state index contributed by atoms with van der Waals surface area (Å²) in [5.74, 6) is -0.673. The summed E-state index contributed by atoms with van der Waals surface area (Å²) in [4.78, 5) is 27.5. The molecule has 0 saturated carbocycles. The van der Waals surface area contributed by atoms with Crippen molar-refractivity contribution < 1.29 is 18.5 Å². The number of piperazine rings is 1. The Morgan fingerprint density at radius 1 is 1.23 bits per heavy atom. The van der Waals surface area contributed by atoms with Crippen LogP contribution in [0, 0.1) is 5.82 Å². The average molecular weight is 405 g/mol. The normalized spacial score (nSPS) is 18.7. The summed E-state index contributed by atoms with van der Waals surface area (Å²) < 4.78 is 18.5. The van der Waals surface area contributed by atoms with Crippen LogP contribution < -0.4 is 5.32 Å². The average Bonchev–Trinajstić information content (AvgIpc) is 3.26. The highest BCUT2D eigenvalue weighted by atomic mass is 19.1. The third-order valence-electron chi connectivity index (χ3n) is 5.09. The highest BCUT2D eigenvalue weighted by Crippen LogP contribution is 2.26. The number of nitrogens with zero attached hydrogens (tertiary/aromatic N) is 2. The minimum absolute atomic E-state index is 0.0879. The molecule has 152 valence electrons. The van der Waals surface area contributed by atoms with E-state index in [0.29, 0.717) is 24.3 Å². The predicted molar refractivity (Wildman–Crippen MR) is 109 cm³/mol. The van der Waals surface area contributed by atoms with Crippen molar-refractivity contribution in [3.8, 4) is 11.3 Å². The van der Waals surface area contributed by atoms with Crippen LogP contribution in [0.1, 0.15) is 28.5 Å². The Labute approximate surface area is 173 Å². The van der Waals surface area contributed by atoms with Crippen molar-refractivity contribution in [3.05, 3.63) is 90.4 Å². The predicted octanol–water partition coefficient (Wildman–Crippen LogP) is 3.74. The fraction of sp³-hybridized carbons (Fsp3) is 0.174. The molecule has 2 heterocycles. The van der Waals surface area contributed by atoms with E-state index >= 15 is 0 Å². The molecule has 0 bridgehead atoms. The maximum atomic E-state index is 13.2. The van der Waals surface area contributed by atoms with Crippen LogP contribution in [0.3, 0.4) is 0 Å². The quantitative estimate of drug-likeness (QED) is 0.656. The molecule has 2 atom stereocenters. The monoisotopic (exact) mass is 405 g/mol. The van der Waals surface area contributed by atoms with Crippen LogP contribution in [0.15, 0.2) is 77.8 Å². The van der Waals surface area contributed by atoms with Gasteiger partial charge in [-0.25, -0.2) is 4.39 Å². The molecule has 1 saturated heterocycles. The Morgan fingerprint density at radius 3 is 2.67 bits per heavy atom. The fourth-order valence-electron chi connectivity index (χ4n) is 3.54. The molecule has 0 unspecified atom stereocenters. The molecule has 7 heteroatoms. The minimum Gasteiger partial charge on any atom is -0.355 e. The van der Waals surface area contributed by atoms with Gasteiger partial charge in [-0.2, -0.15) is 0 Å².